The van der Waals surface area contributed by atoms with Gasteiger partial charge in [-0.25, -0.2) is 9.36 Å². The third-order valence-electron chi connectivity index (χ3n) is 9.34. The van der Waals surface area contributed by atoms with E-state index in [1.165, 1.54) is 21.8 Å². The van der Waals surface area contributed by atoms with Crippen molar-refractivity contribution in [2.45, 2.75) is 0 Å². The van der Waals surface area contributed by atoms with Crippen LogP contribution >= 0.6 is 0 Å². The number of hydrogen-bond acceptors (Lipinski definition) is 2. The van der Waals surface area contributed by atoms with Gasteiger partial charge in [-0.05, 0) is 94.7 Å². The molecule has 0 radical (unpaired) electrons. The Morgan fingerprint density at radius 3 is 1.19 bits per heavy atom. The van der Waals surface area contributed by atoms with Crippen molar-refractivity contribution in [3.63, 3.8) is 0 Å². The molecule has 6 heteroatoms. The molecule has 0 saturated carbocycles. The summed E-state index contributed by atoms with van der Waals surface area (Å²) in [5.41, 5.74) is 10.7. The Hall–Kier alpha value is -6.66. The Balaban J connectivity index is 1.25. The third kappa shape index (κ3) is 4.20. The van der Waals surface area contributed by atoms with Crippen molar-refractivity contribution in [1.82, 2.24) is 28.7 Å². The standard InChI is InChI=1S/C42H28N6/c1-5-13-39-29(9-1)17-19-45(39)35-21-33(22-36(25-35)46-20-18-30-10-2-6-14-40(30)46)34-23-37(47-41-15-7-3-11-31(41)27-43-47)26-38(24-34)48-42-16-8-4-12-32(42)28-44-48/h1-28H. The van der Waals surface area contributed by atoms with Crippen LogP contribution < -0.4 is 0 Å². The molecule has 0 aliphatic heterocycles. The number of para-hydroxylation sites is 4. The Labute approximate surface area is 275 Å². The zero-order valence-electron chi connectivity index (χ0n) is 25.8. The van der Waals surface area contributed by atoms with E-state index in [4.69, 9.17) is 10.2 Å². The highest BCUT2D eigenvalue weighted by Crippen LogP contribution is 2.34. The van der Waals surface area contributed by atoms with Crippen LogP contribution in [0.1, 0.15) is 0 Å². The van der Waals surface area contributed by atoms with Crippen molar-refractivity contribution >= 4 is 43.6 Å². The maximum Gasteiger partial charge on any atom is 0.0741 e. The van der Waals surface area contributed by atoms with E-state index >= 15 is 0 Å². The van der Waals surface area contributed by atoms with Crippen LogP contribution in [0.15, 0.2) is 170 Å². The quantitative estimate of drug-likeness (QED) is 0.193. The summed E-state index contributed by atoms with van der Waals surface area (Å²) in [6.07, 6.45) is 8.18. The van der Waals surface area contributed by atoms with Gasteiger partial charge in [0.15, 0.2) is 0 Å². The normalized spacial score (nSPS) is 11.8. The first-order valence-electron chi connectivity index (χ1n) is 16.1. The van der Waals surface area contributed by atoms with Crippen molar-refractivity contribution < 1.29 is 0 Å². The van der Waals surface area contributed by atoms with Crippen LogP contribution in [-0.4, -0.2) is 28.7 Å². The molecule has 0 fully saturated rings. The topological polar surface area (TPSA) is 45.5 Å². The fourth-order valence-corrected chi connectivity index (χ4v) is 7.02. The predicted molar refractivity (Wildman–Crippen MR) is 195 cm³/mol. The molecule has 10 rings (SSSR count). The van der Waals surface area contributed by atoms with Crippen LogP contribution in [0.4, 0.5) is 0 Å². The summed E-state index contributed by atoms with van der Waals surface area (Å²) in [7, 11) is 0. The van der Waals surface area contributed by atoms with Crippen LogP contribution in [0.3, 0.4) is 0 Å². The van der Waals surface area contributed by atoms with Crippen molar-refractivity contribution in [1.29, 1.82) is 0 Å². The van der Waals surface area contributed by atoms with Crippen LogP contribution in [-0.2, 0) is 0 Å². The fraction of sp³-hybridized carbons (Fsp3) is 0. The Bertz CT molecular complexity index is 2430. The van der Waals surface area contributed by atoms with E-state index < -0.39 is 0 Å². The summed E-state index contributed by atoms with van der Waals surface area (Å²) in [5.74, 6) is 0. The van der Waals surface area contributed by atoms with Crippen molar-refractivity contribution in [3.8, 4) is 33.9 Å². The molecule has 6 aromatic carbocycles. The van der Waals surface area contributed by atoms with Gasteiger partial charge in [0.1, 0.15) is 0 Å². The van der Waals surface area contributed by atoms with Crippen LogP contribution in [0.5, 0.6) is 0 Å². The van der Waals surface area contributed by atoms with Crippen molar-refractivity contribution in [2.24, 2.45) is 0 Å². The highest BCUT2D eigenvalue weighted by atomic mass is 15.3. The molecular formula is C42H28N6. The third-order valence-corrected chi connectivity index (χ3v) is 9.34. The molecule has 0 atom stereocenters. The van der Waals surface area contributed by atoms with Gasteiger partial charge in [-0.3, -0.25) is 0 Å². The maximum absolute atomic E-state index is 4.85. The molecule has 0 unspecified atom stereocenters. The molecule has 0 amide bonds. The Morgan fingerprint density at radius 1 is 0.333 bits per heavy atom. The smallest absolute Gasteiger partial charge is 0.0741 e. The average Bonchev–Trinajstić information content (AvgIpc) is 3.95. The summed E-state index contributed by atoms with van der Waals surface area (Å²) in [6.45, 7) is 0. The summed E-state index contributed by atoms with van der Waals surface area (Å²) >= 11 is 0. The number of fused-ring (bicyclic) bond motifs is 4. The molecule has 0 spiro atoms. The van der Waals surface area contributed by atoms with E-state index in [0.29, 0.717) is 0 Å². The van der Waals surface area contributed by atoms with E-state index in [2.05, 4.69) is 167 Å². The summed E-state index contributed by atoms with van der Waals surface area (Å²) < 4.78 is 8.61. The lowest BCUT2D eigenvalue weighted by atomic mass is 10.0. The van der Waals surface area contributed by atoms with Crippen LogP contribution in [0, 0.1) is 0 Å². The lowest BCUT2D eigenvalue weighted by Gasteiger charge is -2.16. The monoisotopic (exact) mass is 616 g/mol. The number of nitrogens with zero attached hydrogens (tertiary/aromatic N) is 6. The van der Waals surface area contributed by atoms with E-state index in [1.54, 1.807) is 0 Å². The molecule has 10 aromatic rings. The van der Waals surface area contributed by atoms with Crippen molar-refractivity contribution in [2.75, 3.05) is 0 Å². The van der Waals surface area contributed by atoms with Crippen LogP contribution in [0.2, 0.25) is 0 Å². The second-order valence-corrected chi connectivity index (χ2v) is 12.2. The number of hydrogen-bond donors (Lipinski definition) is 0. The zero-order valence-corrected chi connectivity index (χ0v) is 25.8. The number of benzene rings is 6. The minimum atomic E-state index is 0.966. The van der Waals surface area contributed by atoms with Gasteiger partial charge in [0.2, 0.25) is 0 Å². The highest BCUT2D eigenvalue weighted by Gasteiger charge is 2.15. The molecule has 0 N–H and O–H groups in total. The fourth-order valence-electron chi connectivity index (χ4n) is 7.02. The highest BCUT2D eigenvalue weighted by molar-refractivity contribution is 5.86. The molecule has 4 heterocycles. The average molecular weight is 617 g/mol. The molecule has 0 aliphatic carbocycles. The van der Waals surface area contributed by atoms with E-state index in [-0.39, 0.29) is 0 Å². The lowest BCUT2D eigenvalue weighted by molar-refractivity contribution is 0.886. The van der Waals surface area contributed by atoms with Crippen LogP contribution in [0.25, 0.3) is 77.5 Å². The first-order chi connectivity index (χ1) is 23.8. The maximum atomic E-state index is 4.85. The molecule has 0 aliphatic rings. The van der Waals surface area contributed by atoms with Gasteiger partial charge in [-0.2, -0.15) is 10.2 Å². The zero-order chi connectivity index (χ0) is 31.6. The van der Waals surface area contributed by atoms with Gasteiger partial charge in [-0.1, -0.05) is 72.8 Å². The van der Waals surface area contributed by atoms with Gasteiger partial charge in [0, 0.05) is 34.5 Å². The lowest BCUT2D eigenvalue weighted by Crippen LogP contribution is -2.03. The Kier molecular flexibility index (Phi) is 5.77. The molecule has 226 valence electrons. The molecule has 48 heavy (non-hydrogen) atoms. The van der Waals surface area contributed by atoms with Gasteiger partial charge in [0.05, 0.1) is 45.8 Å². The van der Waals surface area contributed by atoms with Gasteiger partial charge < -0.3 is 9.13 Å². The largest absolute Gasteiger partial charge is 0.316 e. The first-order valence-corrected chi connectivity index (χ1v) is 16.1. The molecule has 0 saturated heterocycles. The predicted octanol–water partition coefficient (Wildman–Crippen LogP) is 9.92. The van der Waals surface area contributed by atoms with Gasteiger partial charge in [0.25, 0.3) is 0 Å². The summed E-state index contributed by atoms with van der Waals surface area (Å²) in [6, 6.07) is 51.5. The molecule has 0 bridgehead atoms. The second kappa shape index (κ2) is 10.4. The SMILES string of the molecule is c1ccc2c(c1)ccn2-c1cc(-c2cc(-n3ncc4ccccc43)cc(-n3ncc4ccccc43)c2)cc(-n2ccc3ccccc32)c1. The second-order valence-electron chi connectivity index (χ2n) is 12.2. The summed E-state index contributed by atoms with van der Waals surface area (Å²) in [5, 5.41) is 14.3. The Morgan fingerprint density at radius 2 is 0.708 bits per heavy atom. The van der Waals surface area contributed by atoms with Crippen molar-refractivity contribution in [3.05, 3.63) is 170 Å². The first kappa shape index (κ1) is 26.5. The van der Waals surface area contributed by atoms with Gasteiger partial charge in [-0.15, -0.1) is 0 Å². The van der Waals surface area contributed by atoms with Gasteiger partial charge >= 0.3 is 0 Å². The minimum absolute atomic E-state index is 0.966. The number of aromatic nitrogens is 6. The van der Waals surface area contributed by atoms with E-state index in [1.807, 2.05) is 21.8 Å². The number of rotatable bonds is 5. The molecule has 4 aromatic heterocycles. The van der Waals surface area contributed by atoms with E-state index in [0.717, 1.165) is 55.7 Å². The minimum Gasteiger partial charge on any atom is -0.316 e. The summed E-state index contributed by atoms with van der Waals surface area (Å²) in [4.78, 5) is 0. The van der Waals surface area contributed by atoms with E-state index in [9.17, 15) is 0 Å². The molecular weight excluding hydrogens is 589 g/mol. The molecule has 6 nitrogen and oxygen atoms in total.